The molecule has 0 aliphatic rings. The summed E-state index contributed by atoms with van der Waals surface area (Å²) in [6.07, 6.45) is 0.636. The topological polar surface area (TPSA) is 49.4 Å². The van der Waals surface area contributed by atoms with Gasteiger partial charge in [0.05, 0.1) is 0 Å². The van der Waals surface area contributed by atoms with E-state index in [0.717, 1.165) is 16.7 Å². The van der Waals surface area contributed by atoms with Crippen LogP contribution < -0.4 is 5.32 Å². The maximum absolute atomic E-state index is 13.4. The Labute approximate surface area is 193 Å². The number of hydrogen-bond donors (Lipinski definition) is 1. The molecule has 32 heavy (non-hydrogen) atoms. The Hall–Kier alpha value is -3.18. The molecule has 0 unspecified atom stereocenters. The van der Waals surface area contributed by atoms with Gasteiger partial charge in [-0.25, -0.2) is 4.39 Å². The fourth-order valence-corrected chi connectivity index (χ4v) is 3.58. The zero-order valence-electron chi connectivity index (χ0n) is 17.9. The van der Waals surface area contributed by atoms with E-state index < -0.39 is 6.04 Å². The fraction of sp³-hybridized carbons (Fsp3) is 0.231. The third-order valence-corrected chi connectivity index (χ3v) is 5.47. The second-order valence-electron chi connectivity index (χ2n) is 7.55. The summed E-state index contributed by atoms with van der Waals surface area (Å²) in [6, 6.07) is 22.1. The van der Waals surface area contributed by atoms with Crippen LogP contribution in [-0.2, 0) is 29.1 Å². The van der Waals surface area contributed by atoms with Gasteiger partial charge in [0.15, 0.2) is 0 Å². The first-order valence-electron chi connectivity index (χ1n) is 10.6. The number of halogens is 2. The van der Waals surface area contributed by atoms with Crippen LogP contribution >= 0.6 is 11.6 Å². The molecule has 3 aromatic carbocycles. The second-order valence-corrected chi connectivity index (χ2v) is 7.99. The maximum atomic E-state index is 13.4. The lowest BCUT2D eigenvalue weighted by Crippen LogP contribution is -2.50. The highest BCUT2D eigenvalue weighted by Gasteiger charge is 2.29. The highest BCUT2D eigenvalue weighted by Crippen LogP contribution is 2.17. The van der Waals surface area contributed by atoms with Crippen molar-refractivity contribution in [3.8, 4) is 0 Å². The van der Waals surface area contributed by atoms with E-state index in [9.17, 15) is 14.0 Å². The van der Waals surface area contributed by atoms with E-state index in [1.807, 2.05) is 42.5 Å². The van der Waals surface area contributed by atoms with Crippen LogP contribution in [0.1, 0.15) is 30.0 Å². The van der Waals surface area contributed by atoms with Crippen molar-refractivity contribution >= 4 is 23.4 Å². The molecule has 1 atom stereocenters. The van der Waals surface area contributed by atoms with E-state index in [1.165, 1.54) is 12.1 Å². The van der Waals surface area contributed by atoms with Gasteiger partial charge in [-0.05, 0) is 41.0 Å². The number of amides is 2. The molecule has 0 aliphatic carbocycles. The van der Waals surface area contributed by atoms with Crippen LogP contribution in [0.2, 0.25) is 5.02 Å². The smallest absolute Gasteiger partial charge is 0.243 e. The molecular weight excluding hydrogens is 427 g/mol. The van der Waals surface area contributed by atoms with Gasteiger partial charge in [-0.1, -0.05) is 73.1 Å². The third kappa shape index (κ3) is 6.66. The van der Waals surface area contributed by atoms with Crippen molar-refractivity contribution in [1.82, 2.24) is 10.2 Å². The molecule has 0 fully saturated rings. The summed E-state index contributed by atoms with van der Waals surface area (Å²) in [5, 5.41) is 3.58. The highest BCUT2D eigenvalue weighted by molar-refractivity contribution is 6.30. The minimum absolute atomic E-state index is 0.142. The van der Waals surface area contributed by atoms with E-state index in [2.05, 4.69) is 5.32 Å². The van der Waals surface area contributed by atoms with Crippen molar-refractivity contribution in [2.45, 2.75) is 38.9 Å². The SMILES string of the molecule is CCC(=O)N(Cc1ccc(F)cc1)[C@H](Cc1ccccc1)C(=O)NCc1ccc(Cl)cc1. The molecule has 2 amide bonds. The second kappa shape index (κ2) is 11.4. The predicted molar refractivity (Wildman–Crippen MR) is 124 cm³/mol. The van der Waals surface area contributed by atoms with Gasteiger partial charge in [-0.3, -0.25) is 9.59 Å². The number of rotatable bonds is 9. The highest BCUT2D eigenvalue weighted by atomic mass is 35.5. The molecule has 4 nitrogen and oxygen atoms in total. The van der Waals surface area contributed by atoms with Crippen molar-refractivity contribution in [2.75, 3.05) is 0 Å². The van der Waals surface area contributed by atoms with Crippen molar-refractivity contribution < 1.29 is 14.0 Å². The molecule has 166 valence electrons. The van der Waals surface area contributed by atoms with Gasteiger partial charge in [-0.15, -0.1) is 0 Å². The van der Waals surface area contributed by atoms with Gasteiger partial charge < -0.3 is 10.2 Å². The first-order chi connectivity index (χ1) is 15.5. The Kier molecular flexibility index (Phi) is 8.40. The lowest BCUT2D eigenvalue weighted by atomic mass is 10.0. The summed E-state index contributed by atoms with van der Waals surface area (Å²) in [5.41, 5.74) is 2.62. The van der Waals surface area contributed by atoms with Crippen molar-refractivity contribution in [2.24, 2.45) is 0 Å². The maximum Gasteiger partial charge on any atom is 0.243 e. The normalized spacial score (nSPS) is 11.6. The van der Waals surface area contributed by atoms with Crippen LogP contribution in [0.5, 0.6) is 0 Å². The Bertz CT molecular complexity index is 1020. The van der Waals surface area contributed by atoms with Crippen LogP contribution in [0.3, 0.4) is 0 Å². The minimum Gasteiger partial charge on any atom is -0.350 e. The molecule has 0 saturated heterocycles. The Morgan fingerprint density at radius 2 is 1.53 bits per heavy atom. The molecule has 0 heterocycles. The van der Waals surface area contributed by atoms with E-state index in [1.54, 1.807) is 36.1 Å². The number of carbonyl (C=O) groups excluding carboxylic acids is 2. The molecule has 0 bridgehead atoms. The molecule has 0 aromatic heterocycles. The van der Waals surface area contributed by atoms with E-state index in [0.29, 0.717) is 18.0 Å². The van der Waals surface area contributed by atoms with Crippen LogP contribution in [0, 0.1) is 5.82 Å². The molecule has 1 N–H and O–H groups in total. The molecule has 6 heteroatoms. The Balaban J connectivity index is 1.84. The molecular formula is C26H26ClFN2O2. The van der Waals surface area contributed by atoms with E-state index in [4.69, 9.17) is 11.6 Å². The molecule has 3 aromatic rings. The number of nitrogens with one attached hydrogen (secondary N) is 1. The van der Waals surface area contributed by atoms with Crippen molar-refractivity contribution in [3.05, 3.63) is 106 Å². The average Bonchev–Trinajstić information content (AvgIpc) is 2.82. The predicted octanol–water partition coefficient (Wildman–Crippen LogP) is 5.15. The number of carbonyl (C=O) groups is 2. The largest absolute Gasteiger partial charge is 0.350 e. The zero-order valence-corrected chi connectivity index (χ0v) is 18.7. The lowest BCUT2D eigenvalue weighted by Gasteiger charge is -2.31. The van der Waals surface area contributed by atoms with Gasteiger partial charge in [0.2, 0.25) is 11.8 Å². The van der Waals surface area contributed by atoms with Crippen LogP contribution in [0.4, 0.5) is 4.39 Å². The summed E-state index contributed by atoms with van der Waals surface area (Å²) in [6.45, 7) is 2.32. The minimum atomic E-state index is -0.706. The Morgan fingerprint density at radius 3 is 2.16 bits per heavy atom. The van der Waals surface area contributed by atoms with Crippen molar-refractivity contribution in [1.29, 1.82) is 0 Å². The van der Waals surface area contributed by atoms with Crippen LogP contribution in [0.25, 0.3) is 0 Å². The summed E-state index contributed by atoms with van der Waals surface area (Å²) >= 11 is 5.94. The van der Waals surface area contributed by atoms with Gasteiger partial charge >= 0.3 is 0 Å². The summed E-state index contributed by atoms with van der Waals surface area (Å²) in [4.78, 5) is 27.8. The first kappa shape index (κ1) is 23.5. The van der Waals surface area contributed by atoms with E-state index in [-0.39, 0.29) is 30.6 Å². The monoisotopic (exact) mass is 452 g/mol. The summed E-state index contributed by atoms with van der Waals surface area (Å²) in [7, 11) is 0. The summed E-state index contributed by atoms with van der Waals surface area (Å²) < 4.78 is 13.4. The number of benzene rings is 3. The van der Waals surface area contributed by atoms with E-state index >= 15 is 0 Å². The van der Waals surface area contributed by atoms with Crippen LogP contribution in [-0.4, -0.2) is 22.8 Å². The molecule has 0 saturated carbocycles. The zero-order chi connectivity index (χ0) is 22.9. The van der Waals surface area contributed by atoms with Gasteiger partial charge in [0, 0.05) is 31.0 Å². The molecule has 3 rings (SSSR count). The van der Waals surface area contributed by atoms with Gasteiger partial charge in [0.25, 0.3) is 0 Å². The number of nitrogens with zero attached hydrogens (tertiary/aromatic N) is 1. The molecule has 0 aliphatic heterocycles. The average molecular weight is 453 g/mol. The van der Waals surface area contributed by atoms with Crippen LogP contribution in [0.15, 0.2) is 78.9 Å². The van der Waals surface area contributed by atoms with Gasteiger partial charge in [-0.2, -0.15) is 0 Å². The van der Waals surface area contributed by atoms with Crippen molar-refractivity contribution in [3.63, 3.8) is 0 Å². The quantitative estimate of drug-likeness (QED) is 0.488. The lowest BCUT2D eigenvalue weighted by molar-refractivity contribution is -0.141. The summed E-state index contributed by atoms with van der Waals surface area (Å²) in [5.74, 6) is -0.728. The van der Waals surface area contributed by atoms with Gasteiger partial charge in [0.1, 0.15) is 11.9 Å². The first-order valence-corrected chi connectivity index (χ1v) is 10.9. The third-order valence-electron chi connectivity index (χ3n) is 5.22. The molecule has 0 spiro atoms. The number of hydrogen-bond acceptors (Lipinski definition) is 2. The fourth-order valence-electron chi connectivity index (χ4n) is 3.45. The standard InChI is InChI=1S/C26H26ClFN2O2/c1-2-25(31)30(18-21-10-14-23(28)15-11-21)24(16-19-6-4-3-5-7-19)26(32)29-17-20-8-12-22(27)13-9-20/h3-15,24H,2,16-18H2,1H3,(H,29,32)/t24-/m1/s1. The molecule has 0 radical (unpaired) electrons. The Morgan fingerprint density at radius 1 is 0.906 bits per heavy atom.